The molecule has 1 N–H and O–H groups in total. The first kappa shape index (κ1) is 55.0. The number of nitrogens with zero attached hydrogens (tertiary/aromatic N) is 2. The maximum Gasteiger partial charge on any atom is 0.346 e. The zero-order valence-electron chi connectivity index (χ0n) is 47.1. The fourth-order valence-corrected chi connectivity index (χ4v) is 11.1. The quantitative estimate of drug-likeness (QED) is 0.0526. The monoisotopic (exact) mass is 1110 g/mol. The Labute approximate surface area is 502 Å². The second-order valence-corrected chi connectivity index (χ2v) is 20.8. The lowest BCUT2D eigenvalue weighted by Gasteiger charge is -2.26. The molecule has 12 aromatic rings. The van der Waals surface area contributed by atoms with Crippen LogP contribution in [0.2, 0.25) is 0 Å². The SMILES string of the molecule is N#C/C(=C/c1ccc(C/C=C/c2ccc(N(c3ccc(-c4ccc(C(=C(c5ccccc5)c5ccccc5)c5ccccc5)cc4)cc3)c3ccc(-c4ccc(C(=C(c5ccccc5)c5ccccc5)c5ccccc5)cc4)cc3)cc2)o1)C(=O)O. The van der Waals surface area contributed by atoms with Crippen molar-refractivity contribution in [3.8, 4) is 28.3 Å². The summed E-state index contributed by atoms with van der Waals surface area (Å²) in [6.07, 6.45) is 5.77. The molecule has 0 aliphatic heterocycles. The summed E-state index contributed by atoms with van der Waals surface area (Å²) in [7, 11) is 0. The van der Waals surface area contributed by atoms with Gasteiger partial charge in [0.15, 0.2) is 0 Å². The minimum atomic E-state index is -1.29. The third-order valence-electron chi connectivity index (χ3n) is 15.2. The van der Waals surface area contributed by atoms with Gasteiger partial charge in [0.2, 0.25) is 0 Å². The molecule has 1 heterocycles. The van der Waals surface area contributed by atoms with E-state index in [1.165, 1.54) is 28.4 Å². The van der Waals surface area contributed by atoms with Crippen LogP contribution in [0.15, 0.2) is 332 Å². The summed E-state index contributed by atoms with van der Waals surface area (Å²) in [5.41, 5.74) is 22.0. The van der Waals surface area contributed by atoms with Crippen LogP contribution in [0.4, 0.5) is 17.1 Å². The van der Waals surface area contributed by atoms with E-state index >= 15 is 0 Å². The van der Waals surface area contributed by atoms with Gasteiger partial charge in [0.05, 0.1) is 0 Å². The van der Waals surface area contributed by atoms with Gasteiger partial charge in [0.25, 0.3) is 0 Å². The van der Waals surface area contributed by atoms with Gasteiger partial charge in [-0.2, -0.15) is 5.26 Å². The van der Waals surface area contributed by atoms with Gasteiger partial charge in [-0.05, 0) is 143 Å². The Hall–Kier alpha value is -11.6. The molecule has 1 aromatic heterocycles. The van der Waals surface area contributed by atoms with Crippen molar-refractivity contribution in [3.05, 3.63) is 389 Å². The number of carboxylic acid groups (broad SMARTS) is 1. The first-order chi connectivity index (χ1) is 42.4. The lowest BCUT2D eigenvalue weighted by molar-refractivity contribution is -0.132. The Morgan fingerprint density at radius 2 is 0.663 bits per heavy atom. The Morgan fingerprint density at radius 1 is 0.372 bits per heavy atom. The van der Waals surface area contributed by atoms with Crippen molar-refractivity contribution in [2.75, 3.05) is 4.90 Å². The van der Waals surface area contributed by atoms with E-state index in [4.69, 9.17) is 4.42 Å². The highest BCUT2D eigenvalue weighted by atomic mass is 16.4. The molecule has 12 rings (SSSR count). The number of aliphatic carboxylic acids is 1. The number of benzene rings is 11. The van der Waals surface area contributed by atoms with Crippen LogP contribution in [0.1, 0.15) is 61.6 Å². The van der Waals surface area contributed by atoms with Crippen molar-refractivity contribution >= 4 is 57.5 Å². The van der Waals surface area contributed by atoms with Gasteiger partial charge in [-0.1, -0.05) is 279 Å². The molecule has 11 aromatic carbocycles. The van der Waals surface area contributed by atoms with Crippen LogP contribution >= 0.6 is 0 Å². The van der Waals surface area contributed by atoms with E-state index in [9.17, 15) is 15.2 Å². The van der Waals surface area contributed by atoms with Gasteiger partial charge in [0, 0.05) is 29.6 Å². The number of hydrogen-bond donors (Lipinski definition) is 1. The van der Waals surface area contributed by atoms with Crippen LogP contribution in [0, 0.1) is 11.3 Å². The van der Waals surface area contributed by atoms with Gasteiger partial charge >= 0.3 is 5.97 Å². The number of anilines is 3. The van der Waals surface area contributed by atoms with E-state index in [0.717, 1.165) is 89.4 Å². The molecular formula is C81H58N2O3. The predicted octanol–water partition coefficient (Wildman–Crippen LogP) is 20.3. The van der Waals surface area contributed by atoms with Gasteiger partial charge in [-0.3, -0.25) is 0 Å². The van der Waals surface area contributed by atoms with Crippen molar-refractivity contribution in [2.45, 2.75) is 6.42 Å². The van der Waals surface area contributed by atoms with E-state index in [1.54, 1.807) is 18.2 Å². The first-order valence-corrected chi connectivity index (χ1v) is 28.7. The number of rotatable bonds is 18. The summed E-state index contributed by atoms with van der Waals surface area (Å²) in [5, 5.41) is 18.5. The first-order valence-electron chi connectivity index (χ1n) is 28.7. The molecule has 0 bridgehead atoms. The highest BCUT2D eigenvalue weighted by Gasteiger charge is 2.20. The smallest absolute Gasteiger partial charge is 0.346 e. The van der Waals surface area contributed by atoms with Crippen molar-refractivity contribution in [2.24, 2.45) is 0 Å². The van der Waals surface area contributed by atoms with Crippen molar-refractivity contribution < 1.29 is 14.3 Å². The van der Waals surface area contributed by atoms with Crippen LogP contribution in [0.25, 0.3) is 56.7 Å². The molecule has 0 atom stereocenters. The molecule has 0 amide bonds. The van der Waals surface area contributed by atoms with E-state index in [2.05, 4.69) is 308 Å². The summed E-state index contributed by atoms with van der Waals surface area (Å²) >= 11 is 0. The number of furan rings is 1. The van der Waals surface area contributed by atoms with E-state index < -0.39 is 5.97 Å². The van der Waals surface area contributed by atoms with Gasteiger partial charge in [0.1, 0.15) is 23.2 Å². The number of carboxylic acids is 1. The molecule has 0 saturated heterocycles. The number of nitriles is 1. The highest BCUT2D eigenvalue weighted by molar-refractivity contribution is 6.06. The van der Waals surface area contributed by atoms with Gasteiger partial charge in [-0.25, -0.2) is 4.79 Å². The number of allylic oxidation sites excluding steroid dienone is 1. The van der Waals surface area contributed by atoms with E-state index in [1.807, 2.05) is 12.2 Å². The molecule has 0 radical (unpaired) electrons. The number of carbonyl (C=O) groups is 1. The highest BCUT2D eigenvalue weighted by Crippen LogP contribution is 2.41. The molecular weight excluding hydrogens is 1050 g/mol. The van der Waals surface area contributed by atoms with Crippen LogP contribution in [-0.4, -0.2) is 11.1 Å². The molecule has 0 unspecified atom stereocenters. The van der Waals surface area contributed by atoms with Crippen LogP contribution in [-0.2, 0) is 11.2 Å². The topological polar surface area (TPSA) is 77.5 Å². The molecule has 0 aliphatic carbocycles. The van der Waals surface area contributed by atoms with E-state index in [-0.39, 0.29) is 5.57 Å². The lowest BCUT2D eigenvalue weighted by atomic mass is 9.85. The molecule has 0 spiro atoms. The minimum absolute atomic E-state index is 0.317. The number of hydrogen-bond acceptors (Lipinski definition) is 4. The molecule has 5 heteroatoms. The zero-order chi connectivity index (χ0) is 58.4. The third-order valence-corrected chi connectivity index (χ3v) is 15.2. The Morgan fingerprint density at radius 3 is 0.965 bits per heavy atom. The molecule has 5 nitrogen and oxygen atoms in total. The lowest BCUT2D eigenvalue weighted by Crippen LogP contribution is -2.09. The predicted molar refractivity (Wildman–Crippen MR) is 353 cm³/mol. The van der Waals surface area contributed by atoms with E-state index in [0.29, 0.717) is 17.9 Å². The van der Waals surface area contributed by atoms with Crippen molar-refractivity contribution in [1.82, 2.24) is 0 Å². The summed E-state index contributed by atoms with van der Waals surface area (Å²) in [4.78, 5) is 13.7. The summed E-state index contributed by atoms with van der Waals surface area (Å²) in [5.74, 6) is -0.325. The van der Waals surface area contributed by atoms with Crippen molar-refractivity contribution in [1.29, 1.82) is 5.26 Å². The summed E-state index contributed by atoms with van der Waals surface area (Å²) < 4.78 is 5.81. The fourth-order valence-electron chi connectivity index (χ4n) is 11.1. The molecule has 86 heavy (non-hydrogen) atoms. The average Bonchev–Trinajstić information content (AvgIpc) is 4.17. The Kier molecular flexibility index (Phi) is 16.7. The van der Waals surface area contributed by atoms with Crippen LogP contribution < -0.4 is 4.90 Å². The maximum atomic E-state index is 11.4. The summed E-state index contributed by atoms with van der Waals surface area (Å²) in [6.45, 7) is 0. The molecule has 0 aliphatic rings. The normalized spacial score (nSPS) is 11.2. The van der Waals surface area contributed by atoms with Crippen LogP contribution in [0.3, 0.4) is 0 Å². The molecule has 410 valence electrons. The standard InChI is InChI=1S/C81H58N2O3/c82-57-71(81(84)85)56-76-55-54-75(86-76)33-19-20-58-34-48-72(49-35-58)83(73-50-44-61(45-51-73)59-36-40-69(41-37-59)79(67-29-15-5-16-30-67)77(63-21-7-1-8-22-63)64-23-9-2-10-24-64)74-52-46-62(47-53-74)60-38-42-70(43-39-60)80(68-31-17-6-18-32-68)78(65-25-11-3-12-26-65)66-27-13-4-14-28-66/h1-32,34-56H,33H2,(H,84,85)/b20-19+,71-56-. The second-order valence-electron chi connectivity index (χ2n) is 20.8. The third kappa shape index (κ3) is 12.6. The average molecular weight is 1110 g/mol. The Bertz CT molecular complexity index is 4100. The summed E-state index contributed by atoms with van der Waals surface area (Å²) in [6, 6.07) is 113. The molecule has 0 saturated carbocycles. The second kappa shape index (κ2) is 26.1. The van der Waals surface area contributed by atoms with Crippen LogP contribution in [0.5, 0.6) is 0 Å². The Balaban J connectivity index is 0.866. The van der Waals surface area contributed by atoms with Gasteiger partial charge in [-0.15, -0.1) is 0 Å². The zero-order valence-corrected chi connectivity index (χ0v) is 47.1. The molecule has 0 fully saturated rings. The maximum absolute atomic E-state index is 11.4. The minimum Gasteiger partial charge on any atom is -0.477 e. The van der Waals surface area contributed by atoms with Gasteiger partial charge < -0.3 is 14.4 Å². The largest absolute Gasteiger partial charge is 0.477 e. The van der Waals surface area contributed by atoms with Crippen molar-refractivity contribution in [3.63, 3.8) is 0 Å². The fraction of sp³-hybridized carbons (Fsp3) is 0.0123.